The molecule has 0 spiro atoms. The average molecular weight is 403 g/mol. The smallest absolute Gasteiger partial charge is 0.339 e. The molecular formula is C15H10BrCl2NO3. The second-order valence-corrected chi connectivity index (χ2v) is 5.85. The minimum absolute atomic E-state index is 0.231. The predicted octanol–water partition coefficient (Wildman–Crippen LogP) is 4.55. The lowest BCUT2D eigenvalue weighted by Gasteiger charge is -2.09. The zero-order valence-corrected chi connectivity index (χ0v) is 14.2. The second kappa shape index (κ2) is 7.63. The normalized spacial score (nSPS) is 10.1. The Labute approximate surface area is 145 Å². The van der Waals surface area contributed by atoms with Crippen LogP contribution in [0.15, 0.2) is 46.9 Å². The van der Waals surface area contributed by atoms with Gasteiger partial charge in [-0.1, -0.05) is 41.4 Å². The summed E-state index contributed by atoms with van der Waals surface area (Å²) in [5, 5.41) is 3.08. The fraction of sp³-hybridized carbons (Fsp3) is 0.0667. The van der Waals surface area contributed by atoms with E-state index in [0.29, 0.717) is 20.7 Å². The number of carbonyl (C=O) groups excluding carboxylic acids is 2. The third-order valence-electron chi connectivity index (χ3n) is 2.65. The third kappa shape index (κ3) is 4.22. The molecule has 0 bridgehead atoms. The van der Waals surface area contributed by atoms with Gasteiger partial charge >= 0.3 is 5.97 Å². The molecule has 0 aliphatic carbocycles. The Hall–Kier alpha value is -1.56. The van der Waals surface area contributed by atoms with Crippen LogP contribution < -0.4 is 5.32 Å². The number of hydrogen-bond donors (Lipinski definition) is 1. The maximum absolute atomic E-state index is 11.9. The Balaban J connectivity index is 1.95. The van der Waals surface area contributed by atoms with Crippen molar-refractivity contribution in [3.8, 4) is 0 Å². The highest BCUT2D eigenvalue weighted by Gasteiger charge is 2.14. The van der Waals surface area contributed by atoms with Crippen molar-refractivity contribution in [1.82, 2.24) is 0 Å². The Morgan fingerprint density at radius 2 is 1.82 bits per heavy atom. The van der Waals surface area contributed by atoms with Gasteiger partial charge in [0.15, 0.2) is 6.61 Å². The minimum Gasteiger partial charge on any atom is -0.452 e. The average Bonchev–Trinajstić information content (AvgIpc) is 2.50. The lowest BCUT2D eigenvalue weighted by molar-refractivity contribution is -0.119. The van der Waals surface area contributed by atoms with Gasteiger partial charge in [0.1, 0.15) is 0 Å². The summed E-state index contributed by atoms with van der Waals surface area (Å²) in [6.45, 7) is -0.428. The van der Waals surface area contributed by atoms with Gasteiger partial charge < -0.3 is 10.1 Å². The lowest BCUT2D eigenvalue weighted by atomic mass is 10.2. The molecule has 0 radical (unpaired) electrons. The topological polar surface area (TPSA) is 55.4 Å². The summed E-state index contributed by atoms with van der Waals surface area (Å²) in [6.07, 6.45) is 0. The maximum atomic E-state index is 11.9. The van der Waals surface area contributed by atoms with Crippen LogP contribution in [-0.2, 0) is 9.53 Å². The van der Waals surface area contributed by atoms with Crippen LogP contribution >= 0.6 is 39.1 Å². The first-order valence-corrected chi connectivity index (χ1v) is 7.69. The fourth-order valence-corrected chi connectivity index (χ4v) is 2.42. The molecule has 2 aromatic rings. The quantitative estimate of drug-likeness (QED) is 0.763. The van der Waals surface area contributed by atoms with Crippen LogP contribution in [0, 0.1) is 0 Å². The highest BCUT2D eigenvalue weighted by molar-refractivity contribution is 9.10. The molecule has 22 heavy (non-hydrogen) atoms. The van der Waals surface area contributed by atoms with Crippen molar-refractivity contribution in [3.63, 3.8) is 0 Å². The number of nitrogens with one attached hydrogen (secondary N) is 1. The molecule has 0 aliphatic heterocycles. The van der Waals surface area contributed by atoms with E-state index in [2.05, 4.69) is 21.2 Å². The molecule has 0 heterocycles. The van der Waals surface area contributed by atoms with Gasteiger partial charge in [-0.15, -0.1) is 0 Å². The molecule has 0 atom stereocenters. The molecule has 0 unspecified atom stereocenters. The molecule has 0 aliphatic rings. The van der Waals surface area contributed by atoms with E-state index in [1.807, 2.05) is 0 Å². The summed E-state index contributed by atoms with van der Waals surface area (Å²) in [5.41, 5.74) is 0.701. The van der Waals surface area contributed by atoms with Gasteiger partial charge in [-0.3, -0.25) is 4.79 Å². The van der Waals surface area contributed by atoms with E-state index >= 15 is 0 Å². The number of halogens is 3. The minimum atomic E-state index is -0.597. The zero-order chi connectivity index (χ0) is 16.1. The third-order valence-corrected chi connectivity index (χ3v) is 4.16. The van der Waals surface area contributed by atoms with Crippen molar-refractivity contribution in [2.24, 2.45) is 0 Å². The first-order chi connectivity index (χ1) is 10.5. The van der Waals surface area contributed by atoms with Crippen molar-refractivity contribution < 1.29 is 14.3 Å². The number of ether oxygens (including phenoxy) is 1. The molecule has 7 heteroatoms. The highest BCUT2D eigenvalue weighted by Crippen LogP contribution is 2.29. The summed E-state index contributed by atoms with van der Waals surface area (Å²) in [4.78, 5) is 23.7. The SMILES string of the molecule is O=C(COC(=O)c1ccccc1Br)Nc1cccc(Cl)c1Cl. The van der Waals surface area contributed by atoms with Crippen LogP contribution in [0.25, 0.3) is 0 Å². The molecule has 0 aromatic heterocycles. The van der Waals surface area contributed by atoms with Gasteiger partial charge in [0, 0.05) is 4.47 Å². The van der Waals surface area contributed by atoms with E-state index in [4.69, 9.17) is 27.9 Å². The molecule has 1 N–H and O–H groups in total. The first-order valence-electron chi connectivity index (χ1n) is 6.14. The number of amides is 1. The monoisotopic (exact) mass is 401 g/mol. The van der Waals surface area contributed by atoms with E-state index in [-0.39, 0.29) is 5.02 Å². The second-order valence-electron chi connectivity index (χ2n) is 4.21. The fourth-order valence-electron chi connectivity index (χ4n) is 1.62. The molecule has 2 aromatic carbocycles. The van der Waals surface area contributed by atoms with E-state index < -0.39 is 18.5 Å². The van der Waals surface area contributed by atoms with Crippen LogP contribution in [0.4, 0.5) is 5.69 Å². The number of benzene rings is 2. The molecule has 114 valence electrons. The Kier molecular flexibility index (Phi) is 5.83. The first kappa shape index (κ1) is 16.8. The van der Waals surface area contributed by atoms with Crippen molar-refractivity contribution >= 4 is 56.7 Å². The van der Waals surface area contributed by atoms with Crippen LogP contribution in [0.1, 0.15) is 10.4 Å². The summed E-state index contributed by atoms with van der Waals surface area (Å²) in [5.74, 6) is -1.11. The van der Waals surface area contributed by atoms with E-state index in [1.54, 1.807) is 42.5 Å². The standard InChI is InChI=1S/C15H10BrCl2NO3/c16-10-5-2-1-4-9(10)15(21)22-8-13(20)19-12-7-3-6-11(17)14(12)18/h1-7H,8H2,(H,19,20). The largest absolute Gasteiger partial charge is 0.452 e. The van der Waals surface area contributed by atoms with Crippen molar-refractivity contribution in [2.75, 3.05) is 11.9 Å². The summed E-state index contributed by atoms with van der Waals surface area (Å²) < 4.78 is 5.55. The van der Waals surface area contributed by atoms with Crippen LogP contribution in [-0.4, -0.2) is 18.5 Å². The van der Waals surface area contributed by atoms with Gasteiger partial charge in [0.2, 0.25) is 0 Å². The van der Waals surface area contributed by atoms with Crippen LogP contribution in [0.3, 0.4) is 0 Å². The Bertz CT molecular complexity index is 722. The molecule has 2 rings (SSSR count). The van der Waals surface area contributed by atoms with E-state index in [0.717, 1.165) is 0 Å². The molecule has 4 nitrogen and oxygen atoms in total. The Morgan fingerprint density at radius 3 is 2.55 bits per heavy atom. The van der Waals surface area contributed by atoms with Crippen LogP contribution in [0.5, 0.6) is 0 Å². The molecule has 0 saturated carbocycles. The summed E-state index contributed by atoms with van der Waals surface area (Å²) in [7, 11) is 0. The summed E-state index contributed by atoms with van der Waals surface area (Å²) in [6, 6.07) is 11.6. The van der Waals surface area contributed by atoms with Gasteiger partial charge in [-0.2, -0.15) is 0 Å². The zero-order valence-electron chi connectivity index (χ0n) is 11.1. The Morgan fingerprint density at radius 1 is 1.09 bits per heavy atom. The number of esters is 1. The van der Waals surface area contributed by atoms with Gasteiger partial charge in [0.25, 0.3) is 5.91 Å². The molecule has 0 saturated heterocycles. The van der Waals surface area contributed by atoms with Gasteiger partial charge in [0.05, 0.1) is 21.3 Å². The molecule has 0 fully saturated rings. The molecule has 1 amide bonds. The van der Waals surface area contributed by atoms with E-state index in [9.17, 15) is 9.59 Å². The molecular weight excluding hydrogens is 393 g/mol. The van der Waals surface area contributed by atoms with Gasteiger partial charge in [-0.25, -0.2) is 4.79 Å². The summed E-state index contributed by atoms with van der Waals surface area (Å²) >= 11 is 15.0. The van der Waals surface area contributed by atoms with E-state index in [1.165, 1.54) is 0 Å². The van der Waals surface area contributed by atoms with Gasteiger partial charge in [-0.05, 0) is 40.2 Å². The highest BCUT2D eigenvalue weighted by atomic mass is 79.9. The number of anilines is 1. The lowest BCUT2D eigenvalue weighted by Crippen LogP contribution is -2.21. The number of rotatable bonds is 4. The van der Waals surface area contributed by atoms with Crippen molar-refractivity contribution in [2.45, 2.75) is 0 Å². The van der Waals surface area contributed by atoms with Crippen LogP contribution in [0.2, 0.25) is 10.0 Å². The predicted molar refractivity (Wildman–Crippen MR) is 89.5 cm³/mol. The van der Waals surface area contributed by atoms with Crippen molar-refractivity contribution in [1.29, 1.82) is 0 Å². The number of carbonyl (C=O) groups is 2. The maximum Gasteiger partial charge on any atom is 0.339 e. The number of hydrogen-bond acceptors (Lipinski definition) is 3. The van der Waals surface area contributed by atoms with Crippen molar-refractivity contribution in [3.05, 3.63) is 62.5 Å².